The molecule has 3 heterocycles. The highest BCUT2D eigenvalue weighted by Gasteiger charge is 2.28. The van der Waals surface area contributed by atoms with Gasteiger partial charge >= 0.3 is 0 Å². The number of carbonyl (C=O) groups is 2. The molecule has 156 valence electrons. The summed E-state index contributed by atoms with van der Waals surface area (Å²) in [6.45, 7) is 3.45. The van der Waals surface area contributed by atoms with Gasteiger partial charge in [0, 0.05) is 12.7 Å². The van der Waals surface area contributed by atoms with Crippen molar-refractivity contribution in [2.24, 2.45) is 0 Å². The zero-order valence-corrected chi connectivity index (χ0v) is 16.3. The number of fused-ring (bicyclic) bond motifs is 1. The number of halogens is 2. The standard InChI is InChI=1S/C20H19F2N5O3/c1-10-8-27-16(19(29)26-15-6-7-23-18(15)28)11(2)25-17(27)20(24-10)30-9-12-13(21)4-3-5-14(12)22/h3-5,8,15H,6-7,9H2,1-2H3,(H,23,28)(H,26,29). The number of aryl methyl sites for hydroxylation is 2. The molecule has 1 saturated heterocycles. The Bertz CT molecular complexity index is 1140. The molecule has 1 fully saturated rings. The molecule has 4 rings (SSSR count). The van der Waals surface area contributed by atoms with E-state index in [1.54, 1.807) is 20.0 Å². The Labute approximate surface area is 170 Å². The Morgan fingerprint density at radius 3 is 2.70 bits per heavy atom. The molecular formula is C20H19F2N5O3. The van der Waals surface area contributed by atoms with Gasteiger partial charge in [-0.3, -0.25) is 14.0 Å². The summed E-state index contributed by atoms with van der Waals surface area (Å²) in [6.07, 6.45) is 2.11. The predicted octanol–water partition coefficient (Wildman–Crippen LogP) is 1.82. The number of imidazole rings is 1. The molecule has 1 aromatic carbocycles. The number of ether oxygens (including phenoxy) is 1. The van der Waals surface area contributed by atoms with Crippen molar-refractivity contribution < 1.29 is 23.1 Å². The van der Waals surface area contributed by atoms with E-state index in [2.05, 4.69) is 20.6 Å². The lowest BCUT2D eigenvalue weighted by atomic mass is 10.2. The Morgan fingerprint density at radius 2 is 2.03 bits per heavy atom. The van der Waals surface area contributed by atoms with Crippen molar-refractivity contribution in [3.63, 3.8) is 0 Å². The number of nitrogens with one attached hydrogen (secondary N) is 2. The molecule has 0 radical (unpaired) electrons. The minimum Gasteiger partial charge on any atom is -0.470 e. The zero-order valence-electron chi connectivity index (χ0n) is 16.3. The van der Waals surface area contributed by atoms with Crippen molar-refractivity contribution in [3.05, 3.63) is 58.7 Å². The van der Waals surface area contributed by atoms with Crippen LogP contribution in [0.2, 0.25) is 0 Å². The molecule has 1 aliphatic heterocycles. The monoisotopic (exact) mass is 415 g/mol. The van der Waals surface area contributed by atoms with Gasteiger partial charge in [-0.2, -0.15) is 0 Å². The summed E-state index contributed by atoms with van der Waals surface area (Å²) >= 11 is 0. The highest BCUT2D eigenvalue weighted by Crippen LogP contribution is 2.23. The van der Waals surface area contributed by atoms with E-state index >= 15 is 0 Å². The highest BCUT2D eigenvalue weighted by molar-refractivity contribution is 5.98. The van der Waals surface area contributed by atoms with Gasteiger partial charge in [-0.1, -0.05) is 6.07 Å². The van der Waals surface area contributed by atoms with E-state index in [1.807, 2.05) is 0 Å². The van der Waals surface area contributed by atoms with Crippen LogP contribution in [0.25, 0.3) is 5.65 Å². The summed E-state index contributed by atoms with van der Waals surface area (Å²) < 4.78 is 34.9. The highest BCUT2D eigenvalue weighted by atomic mass is 19.1. The third-order valence-corrected chi connectivity index (χ3v) is 4.85. The molecule has 8 nitrogen and oxygen atoms in total. The van der Waals surface area contributed by atoms with Crippen LogP contribution in [0.4, 0.5) is 8.78 Å². The summed E-state index contributed by atoms with van der Waals surface area (Å²) in [6, 6.07) is 2.94. The van der Waals surface area contributed by atoms with Crippen LogP contribution in [0.5, 0.6) is 5.88 Å². The Kier molecular flexibility index (Phi) is 5.06. The van der Waals surface area contributed by atoms with Gasteiger partial charge in [0.25, 0.3) is 11.8 Å². The van der Waals surface area contributed by atoms with Crippen LogP contribution < -0.4 is 15.4 Å². The average Bonchev–Trinajstić information content (AvgIpc) is 3.23. The molecule has 10 heteroatoms. The molecule has 1 aliphatic rings. The maximum atomic E-state index is 13.9. The van der Waals surface area contributed by atoms with Crippen molar-refractivity contribution >= 4 is 17.5 Å². The van der Waals surface area contributed by atoms with Gasteiger partial charge in [-0.15, -0.1) is 0 Å². The maximum Gasteiger partial charge on any atom is 0.270 e. The van der Waals surface area contributed by atoms with Gasteiger partial charge in [0.05, 0.1) is 17.0 Å². The topological polar surface area (TPSA) is 97.6 Å². The largest absolute Gasteiger partial charge is 0.470 e. The van der Waals surface area contributed by atoms with E-state index in [-0.39, 0.29) is 35.3 Å². The van der Waals surface area contributed by atoms with Crippen LogP contribution >= 0.6 is 0 Å². The maximum absolute atomic E-state index is 13.9. The van der Waals surface area contributed by atoms with Crippen LogP contribution in [0.1, 0.15) is 33.9 Å². The summed E-state index contributed by atoms with van der Waals surface area (Å²) in [4.78, 5) is 33.2. The molecule has 1 atom stereocenters. The normalized spacial score (nSPS) is 16.0. The summed E-state index contributed by atoms with van der Waals surface area (Å²) in [7, 11) is 0. The van der Waals surface area contributed by atoms with E-state index in [1.165, 1.54) is 10.5 Å². The molecule has 0 aliphatic carbocycles. The number of amides is 2. The van der Waals surface area contributed by atoms with Crippen LogP contribution in [-0.4, -0.2) is 38.8 Å². The molecule has 1 unspecified atom stereocenters. The van der Waals surface area contributed by atoms with Crippen LogP contribution in [0.15, 0.2) is 24.4 Å². The fourth-order valence-corrected chi connectivity index (χ4v) is 3.39. The molecule has 30 heavy (non-hydrogen) atoms. The van der Waals surface area contributed by atoms with E-state index in [9.17, 15) is 18.4 Å². The van der Waals surface area contributed by atoms with Gasteiger partial charge in [-0.05, 0) is 32.4 Å². The first-order chi connectivity index (χ1) is 14.3. The summed E-state index contributed by atoms with van der Waals surface area (Å²) in [5, 5.41) is 5.37. The van der Waals surface area contributed by atoms with Crippen molar-refractivity contribution in [2.45, 2.75) is 32.9 Å². The third kappa shape index (κ3) is 3.56. The van der Waals surface area contributed by atoms with Gasteiger partial charge in [-0.25, -0.2) is 18.7 Å². The van der Waals surface area contributed by atoms with E-state index in [0.717, 1.165) is 12.1 Å². The minimum atomic E-state index is -0.729. The number of hydrogen-bond acceptors (Lipinski definition) is 5. The van der Waals surface area contributed by atoms with Crippen molar-refractivity contribution in [1.82, 2.24) is 25.0 Å². The lowest BCUT2D eigenvalue weighted by Crippen LogP contribution is -2.40. The van der Waals surface area contributed by atoms with E-state index < -0.39 is 23.6 Å². The quantitative estimate of drug-likeness (QED) is 0.663. The van der Waals surface area contributed by atoms with Crippen molar-refractivity contribution in [3.8, 4) is 5.88 Å². The minimum absolute atomic E-state index is 0.0402. The molecule has 2 amide bonds. The lowest BCUT2D eigenvalue weighted by molar-refractivity contribution is -0.120. The second-order valence-electron chi connectivity index (χ2n) is 7.02. The Hall–Kier alpha value is -3.56. The average molecular weight is 415 g/mol. The van der Waals surface area contributed by atoms with Gasteiger partial charge < -0.3 is 15.4 Å². The number of aromatic nitrogens is 3. The molecule has 0 spiro atoms. The molecule has 2 aromatic heterocycles. The van der Waals surface area contributed by atoms with Crippen LogP contribution in [0, 0.1) is 25.5 Å². The number of rotatable bonds is 5. The van der Waals surface area contributed by atoms with Gasteiger partial charge in [0.15, 0.2) is 0 Å². The molecule has 2 N–H and O–H groups in total. The number of hydrogen-bond donors (Lipinski definition) is 2. The SMILES string of the molecule is Cc1cn2c(C(=O)NC3CCNC3=O)c(C)nc2c(OCc2c(F)cccc2F)n1. The molecule has 3 aromatic rings. The molecule has 0 bridgehead atoms. The predicted molar refractivity (Wildman–Crippen MR) is 102 cm³/mol. The summed E-state index contributed by atoms with van der Waals surface area (Å²) in [5.74, 6) is -2.11. The number of benzene rings is 1. The third-order valence-electron chi connectivity index (χ3n) is 4.85. The number of carbonyl (C=O) groups excluding carboxylic acids is 2. The zero-order chi connectivity index (χ0) is 21.4. The second-order valence-corrected chi connectivity index (χ2v) is 7.02. The fourth-order valence-electron chi connectivity index (χ4n) is 3.39. The number of nitrogens with zero attached hydrogens (tertiary/aromatic N) is 3. The smallest absolute Gasteiger partial charge is 0.270 e. The van der Waals surface area contributed by atoms with Crippen LogP contribution in [-0.2, 0) is 11.4 Å². The van der Waals surface area contributed by atoms with Crippen molar-refractivity contribution in [1.29, 1.82) is 0 Å². The first kappa shape index (κ1) is 19.7. The van der Waals surface area contributed by atoms with E-state index in [0.29, 0.717) is 24.4 Å². The molecule has 0 saturated carbocycles. The Morgan fingerprint density at radius 1 is 1.30 bits per heavy atom. The van der Waals surface area contributed by atoms with Crippen molar-refractivity contribution in [2.75, 3.05) is 6.54 Å². The molecular weight excluding hydrogens is 396 g/mol. The van der Waals surface area contributed by atoms with Crippen LogP contribution in [0.3, 0.4) is 0 Å². The summed E-state index contributed by atoms with van der Waals surface area (Å²) in [5.41, 5.74) is 1.15. The lowest BCUT2D eigenvalue weighted by Gasteiger charge is -2.12. The first-order valence-corrected chi connectivity index (χ1v) is 9.35. The van der Waals surface area contributed by atoms with Gasteiger partial charge in [0.1, 0.15) is 30.0 Å². The van der Waals surface area contributed by atoms with Gasteiger partial charge in [0.2, 0.25) is 11.6 Å². The van der Waals surface area contributed by atoms with E-state index in [4.69, 9.17) is 4.74 Å². The first-order valence-electron chi connectivity index (χ1n) is 9.35. The fraction of sp³-hybridized carbons (Fsp3) is 0.300. The Balaban J connectivity index is 1.66. The second kappa shape index (κ2) is 7.69.